The molecule has 0 saturated heterocycles. The van der Waals surface area contributed by atoms with Crippen molar-refractivity contribution in [3.05, 3.63) is 68.8 Å². The molecule has 2 heterocycles. The van der Waals surface area contributed by atoms with Gasteiger partial charge in [0.1, 0.15) is 0 Å². The number of nitrogens with one attached hydrogen (secondary N) is 1. The minimum atomic E-state index is -0.639. The van der Waals surface area contributed by atoms with E-state index in [2.05, 4.69) is 5.10 Å². The van der Waals surface area contributed by atoms with Crippen LogP contribution in [0.2, 0.25) is 0 Å². The number of carbonyl (C=O) groups is 2. The minimum Gasteiger partial charge on any atom is -0.462 e. The summed E-state index contributed by atoms with van der Waals surface area (Å²) < 4.78 is 11.8. The Balaban J connectivity index is 2.28. The Hall–Kier alpha value is -3.55. The van der Waals surface area contributed by atoms with Gasteiger partial charge in [-0.3, -0.25) is 9.89 Å². The number of benzene rings is 1. The highest BCUT2D eigenvalue weighted by atomic mass is 16.5. The fourth-order valence-electron chi connectivity index (χ4n) is 3.56. The van der Waals surface area contributed by atoms with Gasteiger partial charge in [0.15, 0.2) is 0 Å². The summed E-state index contributed by atoms with van der Waals surface area (Å²) in [4.78, 5) is 39.6. The Kier molecular flexibility index (Phi) is 5.96. The van der Waals surface area contributed by atoms with E-state index in [4.69, 9.17) is 9.47 Å². The van der Waals surface area contributed by atoms with E-state index in [0.29, 0.717) is 22.6 Å². The first-order valence-corrected chi connectivity index (χ1v) is 9.77. The summed E-state index contributed by atoms with van der Waals surface area (Å²) in [6.07, 6.45) is 0. The average molecular weight is 411 g/mol. The lowest BCUT2D eigenvalue weighted by atomic mass is 10.1. The zero-order valence-corrected chi connectivity index (χ0v) is 17.7. The van der Waals surface area contributed by atoms with E-state index in [-0.39, 0.29) is 29.9 Å². The normalized spacial score (nSPS) is 10.8. The lowest BCUT2D eigenvalue weighted by molar-refractivity contribution is 0.0479. The molecule has 1 N–H and O–H groups in total. The summed E-state index contributed by atoms with van der Waals surface area (Å²) >= 11 is 0. The maximum Gasteiger partial charge on any atom is 0.340 e. The third-order valence-corrected chi connectivity index (χ3v) is 4.94. The second kappa shape index (κ2) is 8.44. The molecule has 0 aliphatic carbocycles. The van der Waals surface area contributed by atoms with Gasteiger partial charge in [-0.1, -0.05) is 30.3 Å². The first-order valence-electron chi connectivity index (χ1n) is 9.77. The maximum atomic E-state index is 13.1. The van der Waals surface area contributed by atoms with Gasteiger partial charge in [-0.2, -0.15) is 4.79 Å². The van der Waals surface area contributed by atoms with Crippen molar-refractivity contribution in [2.24, 2.45) is 0 Å². The number of esters is 2. The van der Waals surface area contributed by atoms with Gasteiger partial charge in [0.05, 0.1) is 41.4 Å². The molecule has 8 heteroatoms. The standard InChI is InChI=1S/C22H25N3O5/c1-6-29-21(27)17-14(4)24(15(5)18(17)22(28)30-7-2)25-20(26)13(3)19(23-25)16-11-9-8-10-12-16/h8-12,23H,6-7H2,1-5H3. The minimum absolute atomic E-state index is 0.0909. The molecule has 0 atom stereocenters. The monoisotopic (exact) mass is 411 g/mol. The largest absolute Gasteiger partial charge is 0.462 e. The molecule has 3 rings (SSSR count). The van der Waals surface area contributed by atoms with Crippen molar-refractivity contribution in [1.29, 1.82) is 0 Å². The number of aromatic nitrogens is 3. The van der Waals surface area contributed by atoms with Crippen LogP contribution in [0.5, 0.6) is 0 Å². The summed E-state index contributed by atoms with van der Waals surface area (Å²) in [6.45, 7) is 8.73. The van der Waals surface area contributed by atoms with Gasteiger partial charge in [0, 0.05) is 5.56 Å². The van der Waals surface area contributed by atoms with Gasteiger partial charge < -0.3 is 9.47 Å². The van der Waals surface area contributed by atoms with E-state index >= 15 is 0 Å². The van der Waals surface area contributed by atoms with Gasteiger partial charge in [-0.05, 0) is 40.2 Å². The number of H-pyrrole nitrogens is 1. The molecule has 0 spiro atoms. The first kappa shape index (κ1) is 21.2. The molecule has 0 saturated carbocycles. The number of rotatable bonds is 6. The third kappa shape index (κ3) is 3.45. The highest BCUT2D eigenvalue weighted by Crippen LogP contribution is 2.25. The van der Waals surface area contributed by atoms with Gasteiger partial charge in [-0.15, -0.1) is 0 Å². The van der Waals surface area contributed by atoms with E-state index < -0.39 is 11.9 Å². The molecular weight excluding hydrogens is 386 g/mol. The molecule has 8 nitrogen and oxygen atoms in total. The van der Waals surface area contributed by atoms with Crippen molar-refractivity contribution in [3.8, 4) is 11.3 Å². The van der Waals surface area contributed by atoms with Crippen molar-refractivity contribution in [3.63, 3.8) is 0 Å². The molecule has 0 fully saturated rings. The van der Waals surface area contributed by atoms with Crippen LogP contribution < -0.4 is 5.56 Å². The fraction of sp³-hybridized carbons (Fsp3) is 0.318. The summed E-state index contributed by atoms with van der Waals surface area (Å²) in [7, 11) is 0. The SMILES string of the molecule is CCOC(=O)c1c(C(=O)OCC)c(C)n(-n2[nH]c(-c3ccccc3)c(C)c2=O)c1C. The van der Waals surface area contributed by atoms with E-state index in [0.717, 1.165) is 5.56 Å². The quantitative estimate of drug-likeness (QED) is 0.629. The second-order valence-corrected chi connectivity index (χ2v) is 6.77. The summed E-state index contributed by atoms with van der Waals surface area (Å²) in [6, 6.07) is 9.45. The fourth-order valence-corrected chi connectivity index (χ4v) is 3.56. The van der Waals surface area contributed by atoms with E-state index in [1.165, 1.54) is 9.47 Å². The van der Waals surface area contributed by atoms with Gasteiger partial charge in [0.2, 0.25) is 0 Å². The van der Waals surface area contributed by atoms with Gasteiger partial charge >= 0.3 is 11.9 Å². The van der Waals surface area contributed by atoms with Crippen LogP contribution in [0.25, 0.3) is 11.3 Å². The number of hydrogen-bond donors (Lipinski definition) is 1. The Morgan fingerprint density at radius 3 is 1.87 bits per heavy atom. The lowest BCUT2D eigenvalue weighted by Crippen LogP contribution is -2.27. The van der Waals surface area contributed by atoms with Crippen LogP contribution in [-0.2, 0) is 9.47 Å². The van der Waals surface area contributed by atoms with E-state index in [1.807, 2.05) is 30.3 Å². The molecule has 0 aliphatic rings. The molecule has 2 aromatic heterocycles. The zero-order valence-electron chi connectivity index (χ0n) is 17.7. The van der Waals surface area contributed by atoms with E-state index in [1.54, 1.807) is 34.6 Å². The summed E-state index contributed by atoms with van der Waals surface area (Å²) in [5, 5.41) is 3.11. The Morgan fingerprint density at radius 1 is 0.900 bits per heavy atom. The van der Waals surface area contributed by atoms with Crippen LogP contribution >= 0.6 is 0 Å². The summed E-state index contributed by atoms with van der Waals surface area (Å²) in [5.41, 5.74) is 2.72. The molecular formula is C22H25N3O5. The van der Waals surface area contributed by atoms with Crippen LogP contribution in [-0.4, -0.2) is 39.7 Å². The maximum absolute atomic E-state index is 13.1. The number of hydrogen-bond acceptors (Lipinski definition) is 5. The predicted octanol–water partition coefficient (Wildman–Crippen LogP) is 3.23. The molecule has 0 radical (unpaired) electrons. The van der Waals surface area contributed by atoms with Crippen LogP contribution in [0.1, 0.15) is 51.5 Å². The number of carbonyl (C=O) groups excluding carboxylic acids is 2. The molecule has 0 aliphatic heterocycles. The van der Waals surface area contributed by atoms with Crippen molar-refractivity contribution in [2.75, 3.05) is 13.2 Å². The zero-order chi connectivity index (χ0) is 22.0. The Bertz CT molecular complexity index is 1110. The molecule has 0 amide bonds. The van der Waals surface area contributed by atoms with Crippen molar-refractivity contribution >= 4 is 11.9 Å². The molecule has 30 heavy (non-hydrogen) atoms. The second-order valence-electron chi connectivity index (χ2n) is 6.77. The van der Waals surface area contributed by atoms with Crippen molar-refractivity contribution in [1.82, 2.24) is 14.6 Å². The topological polar surface area (TPSA) is 95.3 Å². The van der Waals surface area contributed by atoms with Gasteiger partial charge in [-0.25, -0.2) is 14.3 Å². The lowest BCUT2D eigenvalue weighted by Gasteiger charge is -2.10. The smallest absolute Gasteiger partial charge is 0.340 e. The van der Waals surface area contributed by atoms with Crippen molar-refractivity contribution < 1.29 is 19.1 Å². The number of aromatic amines is 1. The Morgan fingerprint density at radius 2 is 1.40 bits per heavy atom. The Labute approximate surface area is 174 Å². The number of nitrogens with zero attached hydrogens (tertiary/aromatic N) is 2. The predicted molar refractivity (Wildman–Crippen MR) is 112 cm³/mol. The van der Waals surface area contributed by atoms with Crippen LogP contribution in [0.3, 0.4) is 0 Å². The number of ether oxygens (including phenoxy) is 2. The molecule has 1 aromatic carbocycles. The molecule has 0 unspecified atom stereocenters. The van der Waals surface area contributed by atoms with Crippen LogP contribution in [0.15, 0.2) is 35.1 Å². The molecule has 158 valence electrons. The van der Waals surface area contributed by atoms with Crippen molar-refractivity contribution in [2.45, 2.75) is 34.6 Å². The van der Waals surface area contributed by atoms with Gasteiger partial charge in [0.25, 0.3) is 5.56 Å². The molecule has 3 aromatic rings. The summed E-state index contributed by atoms with van der Waals surface area (Å²) in [5.74, 6) is -1.28. The average Bonchev–Trinajstić information content (AvgIpc) is 3.16. The highest BCUT2D eigenvalue weighted by molar-refractivity contribution is 6.05. The first-order chi connectivity index (χ1) is 14.3. The van der Waals surface area contributed by atoms with E-state index in [9.17, 15) is 14.4 Å². The van der Waals surface area contributed by atoms with Crippen LogP contribution in [0, 0.1) is 20.8 Å². The highest BCUT2D eigenvalue weighted by Gasteiger charge is 2.31. The van der Waals surface area contributed by atoms with Crippen LogP contribution in [0.4, 0.5) is 0 Å². The molecule has 0 bridgehead atoms. The third-order valence-electron chi connectivity index (χ3n) is 4.94.